The number of aliphatic hydroxyl groups excluding tert-OH is 1. The van der Waals surface area contributed by atoms with Gasteiger partial charge in [-0.15, -0.1) is 0 Å². The summed E-state index contributed by atoms with van der Waals surface area (Å²) in [6.45, 7) is 4.98. The first-order chi connectivity index (χ1) is 8.00. The van der Waals surface area contributed by atoms with Gasteiger partial charge in [0.1, 0.15) is 5.60 Å². The van der Waals surface area contributed by atoms with E-state index in [4.69, 9.17) is 5.11 Å². The first-order valence-electron chi connectivity index (χ1n) is 6.35. The number of amides is 1. The highest BCUT2D eigenvalue weighted by Crippen LogP contribution is 2.15. The van der Waals surface area contributed by atoms with E-state index in [-0.39, 0.29) is 25.1 Å². The van der Waals surface area contributed by atoms with Gasteiger partial charge >= 0.3 is 0 Å². The zero-order chi connectivity index (χ0) is 12.9. The Balaban J connectivity index is 2.53. The second-order valence-corrected chi connectivity index (χ2v) is 5.06. The number of likely N-dealkylation sites (tertiary alicyclic amines) is 1. The van der Waals surface area contributed by atoms with Crippen LogP contribution >= 0.6 is 0 Å². The number of rotatable bonds is 6. The van der Waals surface area contributed by atoms with Crippen molar-refractivity contribution < 1.29 is 15.0 Å². The van der Waals surface area contributed by atoms with Crippen molar-refractivity contribution in [1.82, 2.24) is 10.2 Å². The molecule has 0 aromatic carbocycles. The maximum Gasteiger partial charge on any atom is 0.239 e. The maximum atomic E-state index is 12.1. The van der Waals surface area contributed by atoms with E-state index < -0.39 is 5.60 Å². The van der Waals surface area contributed by atoms with Gasteiger partial charge in [0, 0.05) is 6.54 Å². The molecule has 1 rings (SSSR count). The largest absolute Gasteiger partial charge is 0.393 e. The molecule has 1 saturated heterocycles. The molecule has 100 valence electrons. The van der Waals surface area contributed by atoms with Crippen LogP contribution in [0.2, 0.25) is 0 Å². The van der Waals surface area contributed by atoms with Gasteiger partial charge in [-0.1, -0.05) is 6.92 Å². The second-order valence-electron chi connectivity index (χ2n) is 5.06. The fraction of sp³-hybridized carbons (Fsp3) is 0.917. The molecule has 1 aliphatic rings. The minimum Gasteiger partial charge on any atom is -0.393 e. The van der Waals surface area contributed by atoms with E-state index in [1.54, 1.807) is 11.8 Å². The van der Waals surface area contributed by atoms with Crippen LogP contribution in [0, 0.1) is 0 Å². The van der Waals surface area contributed by atoms with Crippen molar-refractivity contribution in [3.05, 3.63) is 0 Å². The number of hydrogen-bond acceptors (Lipinski definition) is 4. The van der Waals surface area contributed by atoms with Crippen LogP contribution < -0.4 is 5.32 Å². The lowest BCUT2D eigenvalue weighted by molar-refractivity contribution is -0.140. The highest BCUT2D eigenvalue weighted by atomic mass is 16.3. The molecule has 1 heterocycles. The molecule has 0 radical (unpaired) electrons. The van der Waals surface area contributed by atoms with Crippen molar-refractivity contribution in [2.45, 2.75) is 44.8 Å². The number of piperidine rings is 1. The molecule has 1 fully saturated rings. The molecule has 0 aromatic heterocycles. The van der Waals surface area contributed by atoms with Crippen molar-refractivity contribution in [1.29, 1.82) is 0 Å². The Labute approximate surface area is 103 Å². The van der Waals surface area contributed by atoms with Crippen molar-refractivity contribution in [3.63, 3.8) is 0 Å². The van der Waals surface area contributed by atoms with Gasteiger partial charge in [-0.2, -0.15) is 0 Å². The Hall–Kier alpha value is -0.650. The molecule has 0 saturated carbocycles. The van der Waals surface area contributed by atoms with Crippen LogP contribution in [-0.2, 0) is 4.79 Å². The summed E-state index contributed by atoms with van der Waals surface area (Å²) in [6.07, 6.45) is 2.80. The number of carbonyl (C=O) groups excluding carboxylic acids is 1. The third kappa shape index (κ3) is 4.26. The zero-order valence-electron chi connectivity index (χ0n) is 10.8. The van der Waals surface area contributed by atoms with Crippen molar-refractivity contribution in [2.24, 2.45) is 0 Å². The van der Waals surface area contributed by atoms with E-state index in [1.807, 2.05) is 0 Å². The van der Waals surface area contributed by atoms with Gasteiger partial charge in [0.25, 0.3) is 0 Å². The summed E-state index contributed by atoms with van der Waals surface area (Å²) in [7, 11) is 0. The molecular weight excluding hydrogens is 220 g/mol. The van der Waals surface area contributed by atoms with Gasteiger partial charge in [0.2, 0.25) is 5.91 Å². The fourth-order valence-electron chi connectivity index (χ4n) is 2.07. The van der Waals surface area contributed by atoms with E-state index in [0.29, 0.717) is 6.54 Å². The Morgan fingerprint density at radius 3 is 2.88 bits per heavy atom. The maximum absolute atomic E-state index is 12.1. The van der Waals surface area contributed by atoms with E-state index in [2.05, 4.69) is 12.2 Å². The van der Waals surface area contributed by atoms with Gasteiger partial charge in [-0.05, 0) is 32.7 Å². The summed E-state index contributed by atoms with van der Waals surface area (Å²) in [5, 5.41) is 22.0. The van der Waals surface area contributed by atoms with E-state index in [1.165, 1.54) is 0 Å². The molecule has 1 aliphatic heterocycles. The highest BCUT2D eigenvalue weighted by molar-refractivity contribution is 5.82. The van der Waals surface area contributed by atoms with Crippen LogP contribution in [0.25, 0.3) is 0 Å². The third-order valence-corrected chi connectivity index (χ3v) is 3.04. The Morgan fingerprint density at radius 2 is 2.29 bits per heavy atom. The number of nitrogens with one attached hydrogen (secondary N) is 1. The van der Waals surface area contributed by atoms with E-state index >= 15 is 0 Å². The minimum absolute atomic E-state index is 0.0402. The summed E-state index contributed by atoms with van der Waals surface area (Å²) < 4.78 is 0. The Bertz CT molecular complexity index is 256. The lowest BCUT2D eigenvalue weighted by Crippen LogP contribution is -2.55. The molecule has 17 heavy (non-hydrogen) atoms. The van der Waals surface area contributed by atoms with Crippen LogP contribution in [0.4, 0.5) is 0 Å². The summed E-state index contributed by atoms with van der Waals surface area (Å²) in [5.74, 6) is 0.0402. The second kappa shape index (κ2) is 6.33. The van der Waals surface area contributed by atoms with Crippen molar-refractivity contribution in [2.75, 3.05) is 26.2 Å². The summed E-state index contributed by atoms with van der Waals surface area (Å²) >= 11 is 0. The summed E-state index contributed by atoms with van der Waals surface area (Å²) in [5.41, 5.74) is -1.21. The van der Waals surface area contributed by atoms with Gasteiger partial charge in [0.05, 0.1) is 19.2 Å². The smallest absolute Gasteiger partial charge is 0.239 e. The van der Waals surface area contributed by atoms with Crippen LogP contribution in [-0.4, -0.2) is 58.9 Å². The molecular formula is C12H24N2O3. The molecule has 2 unspecified atom stereocenters. The van der Waals surface area contributed by atoms with Crippen molar-refractivity contribution in [3.8, 4) is 0 Å². The van der Waals surface area contributed by atoms with Crippen LogP contribution in [0.3, 0.4) is 0 Å². The standard InChI is InChI=1S/C12H24N2O3/c1-3-6-13-10-5-4-7-14(11(10)16)8-12(2,17)9-15/h10,13,15,17H,3-9H2,1-2H3. The van der Waals surface area contributed by atoms with Crippen LogP contribution in [0.5, 0.6) is 0 Å². The average molecular weight is 244 g/mol. The van der Waals surface area contributed by atoms with Crippen LogP contribution in [0.1, 0.15) is 33.1 Å². The number of hydrogen-bond donors (Lipinski definition) is 3. The van der Waals surface area contributed by atoms with Crippen molar-refractivity contribution >= 4 is 5.91 Å². The molecule has 5 nitrogen and oxygen atoms in total. The molecule has 2 atom stereocenters. The first kappa shape index (κ1) is 14.4. The Kier molecular flexibility index (Phi) is 5.36. The van der Waals surface area contributed by atoms with Gasteiger partial charge in [-0.25, -0.2) is 0 Å². The molecule has 0 aromatic rings. The highest BCUT2D eigenvalue weighted by Gasteiger charge is 2.32. The van der Waals surface area contributed by atoms with E-state index in [0.717, 1.165) is 25.8 Å². The normalized spacial score (nSPS) is 24.8. The lowest BCUT2D eigenvalue weighted by atomic mass is 10.0. The first-order valence-corrected chi connectivity index (χ1v) is 6.35. The molecule has 5 heteroatoms. The number of nitrogens with zero attached hydrogens (tertiary/aromatic N) is 1. The molecule has 0 aliphatic carbocycles. The summed E-state index contributed by atoms with van der Waals surface area (Å²) in [6, 6.07) is -0.127. The van der Waals surface area contributed by atoms with E-state index in [9.17, 15) is 9.90 Å². The zero-order valence-corrected chi connectivity index (χ0v) is 10.8. The van der Waals surface area contributed by atoms with Gasteiger partial charge in [0.15, 0.2) is 0 Å². The average Bonchev–Trinajstić information content (AvgIpc) is 2.30. The Morgan fingerprint density at radius 1 is 1.59 bits per heavy atom. The number of aliphatic hydroxyl groups is 2. The molecule has 3 N–H and O–H groups in total. The molecule has 0 bridgehead atoms. The SMILES string of the molecule is CCCNC1CCCN(CC(C)(O)CO)C1=O. The number of β-amino-alcohol motifs (C(OH)–C–C–N with tert-alkyl or cyclic N) is 1. The summed E-state index contributed by atoms with van der Waals surface area (Å²) in [4.78, 5) is 13.7. The monoisotopic (exact) mass is 244 g/mol. The quantitative estimate of drug-likeness (QED) is 0.601. The third-order valence-electron chi connectivity index (χ3n) is 3.04. The number of carbonyl (C=O) groups is 1. The predicted octanol–water partition coefficient (Wildman–Crippen LogP) is -0.280. The van der Waals surface area contributed by atoms with Gasteiger partial charge in [-0.3, -0.25) is 4.79 Å². The molecule has 1 amide bonds. The predicted molar refractivity (Wildman–Crippen MR) is 65.6 cm³/mol. The van der Waals surface area contributed by atoms with Crippen LogP contribution in [0.15, 0.2) is 0 Å². The lowest BCUT2D eigenvalue weighted by Gasteiger charge is -2.36. The minimum atomic E-state index is -1.21. The van der Waals surface area contributed by atoms with Gasteiger partial charge < -0.3 is 20.4 Å². The molecule has 0 spiro atoms. The topological polar surface area (TPSA) is 72.8 Å². The fourth-order valence-corrected chi connectivity index (χ4v) is 2.07.